The molecule has 0 spiro atoms. The summed E-state index contributed by atoms with van der Waals surface area (Å²) in [5, 5.41) is 2.34. The summed E-state index contributed by atoms with van der Waals surface area (Å²) < 4.78 is 68.0. The van der Waals surface area contributed by atoms with E-state index in [9.17, 15) is 31.5 Å². The van der Waals surface area contributed by atoms with Gasteiger partial charge in [0.15, 0.2) is 0 Å². The molecule has 0 aliphatic carbocycles. The minimum absolute atomic E-state index is 0.0410. The van der Waals surface area contributed by atoms with Crippen LogP contribution >= 0.6 is 11.6 Å². The highest BCUT2D eigenvalue weighted by atomic mass is 35.5. The maximum absolute atomic E-state index is 13.8. The molecule has 3 aromatic carbocycles. The molecule has 1 atom stereocenters. The van der Waals surface area contributed by atoms with Gasteiger partial charge in [-0.25, -0.2) is 22.0 Å². The summed E-state index contributed by atoms with van der Waals surface area (Å²) >= 11 is 6.44. The standard InChI is InChI=1S/C24H16ClF5N2O2/c1-24(25)18-3-2-13(22(33)31-10-17-19(29)8-16(28)9-20(17)30)6-21(18)32(23(24)34)11-12-4-14(26)7-15(27)5-12/h2-9H,10-11H2,1H3,(H,31,33). The quantitative estimate of drug-likeness (QED) is 0.386. The predicted molar refractivity (Wildman–Crippen MR) is 115 cm³/mol. The van der Waals surface area contributed by atoms with E-state index in [4.69, 9.17) is 11.6 Å². The van der Waals surface area contributed by atoms with Crippen LogP contribution < -0.4 is 10.2 Å². The zero-order valence-electron chi connectivity index (χ0n) is 17.6. The second-order valence-electron chi connectivity index (χ2n) is 7.93. The molecular formula is C24H16ClF5N2O2. The van der Waals surface area contributed by atoms with Crippen molar-refractivity contribution in [2.45, 2.75) is 24.9 Å². The van der Waals surface area contributed by atoms with Crippen LogP contribution in [0.25, 0.3) is 0 Å². The largest absolute Gasteiger partial charge is 0.348 e. The molecule has 10 heteroatoms. The number of nitrogens with zero attached hydrogens (tertiary/aromatic N) is 1. The zero-order chi connectivity index (χ0) is 24.8. The molecule has 0 fully saturated rings. The molecule has 1 aliphatic heterocycles. The average molecular weight is 495 g/mol. The van der Waals surface area contributed by atoms with Crippen molar-refractivity contribution in [3.63, 3.8) is 0 Å². The summed E-state index contributed by atoms with van der Waals surface area (Å²) in [6.07, 6.45) is 0. The number of halogens is 6. The first kappa shape index (κ1) is 23.7. The van der Waals surface area contributed by atoms with Crippen molar-refractivity contribution in [3.05, 3.63) is 99.9 Å². The third-order valence-electron chi connectivity index (χ3n) is 5.50. The minimum atomic E-state index is -1.48. The Morgan fingerprint density at radius 2 is 1.53 bits per heavy atom. The monoisotopic (exact) mass is 494 g/mol. The lowest BCUT2D eigenvalue weighted by Crippen LogP contribution is -2.34. The Morgan fingerprint density at radius 3 is 2.15 bits per heavy atom. The van der Waals surface area contributed by atoms with Crippen LogP contribution in [0.4, 0.5) is 27.6 Å². The predicted octanol–water partition coefficient (Wildman–Crippen LogP) is 5.31. The Hall–Kier alpha value is -3.46. The Morgan fingerprint density at radius 1 is 0.941 bits per heavy atom. The van der Waals surface area contributed by atoms with Gasteiger partial charge in [-0.1, -0.05) is 6.07 Å². The van der Waals surface area contributed by atoms with Crippen molar-refractivity contribution >= 4 is 29.1 Å². The highest BCUT2D eigenvalue weighted by molar-refractivity contribution is 6.39. The number of hydrogen-bond donors (Lipinski definition) is 1. The van der Waals surface area contributed by atoms with Gasteiger partial charge in [0.25, 0.3) is 11.8 Å². The molecule has 34 heavy (non-hydrogen) atoms. The Kier molecular flexibility index (Phi) is 6.07. The van der Waals surface area contributed by atoms with E-state index in [1.165, 1.54) is 30.0 Å². The van der Waals surface area contributed by atoms with E-state index < -0.39 is 57.9 Å². The minimum Gasteiger partial charge on any atom is -0.348 e. The fourth-order valence-electron chi connectivity index (χ4n) is 3.82. The van der Waals surface area contributed by atoms with Crippen molar-refractivity contribution in [2.75, 3.05) is 4.90 Å². The number of benzene rings is 3. The molecule has 0 radical (unpaired) electrons. The number of nitrogens with one attached hydrogen (secondary N) is 1. The van der Waals surface area contributed by atoms with Crippen LogP contribution in [0, 0.1) is 29.1 Å². The molecule has 1 heterocycles. The van der Waals surface area contributed by atoms with Crippen LogP contribution in [-0.4, -0.2) is 11.8 Å². The number of alkyl halides is 1. The maximum Gasteiger partial charge on any atom is 0.252 e. The molecule has 0 aromatic heterocycles. The number of amides is 2. The van der Waals surface area contributed by atoms with Crippen molar-refractivity contribution in [1.29, 1.82) is 0 Å². The second kappa shape index (κ2) is 8.72. The van der Waals surface area contributed by atoms with Gasteiger partial charge in [-0.2, -0.15) is 0 Å². The molecule has 4 rings (SSSR count). The lowest BCUT2D eigenvalue weighted by atomic mass is 10.00. The van der Waals surface area contributed by atoms with Gasteiger partial charge in [-0.05, 0) is 36.8 Å². The van der Waals surface area contributed by atoms with Gasteiger partial charge in [0.1, 0.15) is 34.0 Å². The molecule has 1 unspecified atom stereocenters. The van der Waals surface area contributed by atoms with Crippen LogP contribution in [0.2, 0.25) is 0 Å². The van der Waals surface area contributed by atoms with Gasteiger partial charge in [0, 0.05) is 41.4 Å². The number of carbonyl (C=O) groups excluding carboxylic acids is 2. The van der Waals surface area contributed by atoms with Gasteiger partial charge in [-0.15, -0.1) is 11.6 Å². The molecule has 0 saturated heterocycles. The summed E-state index contributed by atoms with van der Waals surface area (Å²) in [4.78, 5) is 25.3. The summed E-state index contributed by atoms with van der Waals surface area (Å²) in [6.45, 7) is 0.702. The number of rotatable bonds is 5. The Balaban J connectivity index is 1.61. The van der Waals surface area contributed by atoms with Crippen LogP contribution in [0.5, 0.6) is 0 Å². The number of anilines is 1. The number of fused-ring (bicyclic) bond motifs is 1. The van der Waals surface area contributed by atoms with Crippen LogP contribution in [0.3, 0.4) is 0 Å². The maximum atomic E-state index is 13.8. The summed E-state index contributed by atoms with van der Waals surface area (Å²) in [6, 6.07) is 8.03. The molecule has 1 N–H and O–H groups in total. The summed E-state index contributed by atoms with van der Waals surface area (Å²) in [5.74, 6) is -6.30. The van der Waals surface area contributed by atoms with Crippen LogP contribution in [0.1, 0.15) is 34.0 Å². The van der Waals surface area contributed by atoms with E-state index in [1.54, 1.807) is 0 Å². The lowest BCUT2D eigenvalue weighted by molar-refractivity contribution is -0.120. The number of hydrogen-bond acceptors (Lipinski definition) is 2. The van der Waals surface area contributed by atoms with Gasteiger partial charge in [0.2, 0.25) is 0 Å². The first-order valence-electron chi connectivity index (χ1n) is 9.99. The highest BCUT2D eigenvalue weighted by Crippen LogP contribution is 2.45. The molecule has 3 aromatic rings. The first-order chi connectivity index (χ1) is 16.0. The fraction of sp³-hybridized carbons (Fsp3) is 0.167. The van der Waals surface area contributed by atoms with Crippen molar-refractivity contribution in [1.82, 2.24) is 5.32 Å². The molecular weight excluding hydrogens is 479 g/mol. The molecule has 0 bridgehead atoms. The van der Waals surface area contributed by atoms with Crippen LogP contribution in [0.15, 0.2) is 48.5 Å². The van der Waals surface area contributed by atoms with E-state index in [0.717, 1.165) is 12.1 Å². The molecule has 2 amide bonds. The van der Waals surface area contributed by atoms with E-state index in [-0.39, 0.29) is 23.4 Å². The molecule has 0 saturated carbocycles. The van der Waals surface area contributed by atoms with E-state index in [1.807, 2.05) is 0 Å². The summed E-state index contributed by atoms with van der Waals surface area (Å²) in [5.41, 5.74) is 0.318. The molecule has 1 aliphatic rings. The number of carbonyl (C=O) groups is 2. The van der Waals surface area contributed by atoms with Crippen LogP contribution in [-0.2, 0) is 22.8 Å². The zero-order valence-corrected chi connectivity index (χ0v) is 18.3. The van der Waals surface area contributed by atoms with Gasteiger partial charge < -0.3 is 10.2 Å². The summed E-state index contributed by atoms with van der Waals surface area (Å²) in [7, 11) is 0. The highest BCUT2D eigenvalue weighted by Gasteiger charge is 2.46. The Labute approximate surface area is 195 Å². The second-order valence-corrected chi connectivity index (χ2v) is 8.69. The Bertz CT molecular complexity index is 1290. The SMILES string of the molecule is CC1(Cl)C(=O)N(Cc2cc(F)cc(F)c2)c2cc(C(=O)NCc3c(F)cc(F)cc3F)ccc21. The van der Waals surface area contributed by atoms with E-state index >= 15 is 0 Å². The molecule has 4 nitrogen and oxygen atoms in total. The third kappa shape index (κ3) is 4.35. The van der Waals surface area contributed by atoms with E-state index in [2.05, 4.69) is 5.32 Å². The topological polar surface area (TPSA) is 49.4 Å². The third-order valence-corrected chi connectivity index (χ3v) is 5.86. The van der Waals surface area contributed by atoms with Gasteiger partial charge in [0.05, 0.1) is 12.2 Å². The van der Waals surface area contributed by atoms with Gasteiger partial charge in [-0.3, -0.25) is 9.59 Å². The first-order valence-corrected chi connectivity index (χ1v) is 10.4. The lowest BCUT2D eigenvalue weighted by Gasteiger charge is -2.19. The van der Waals surface area contributed by atoms with E-state index in [0.29, 0.717) is 23.8 Å². The van der Waals surface area contributed by atoms with Crippen molar-refractivity contribution < 1.29 is 31.5 Å². The van der Waals surface area contributed by atoms with Gasteiger partial charge >= 0.3 is 0 Å². The van der Waals surface area contributed by atoms with Crippen molar-refractivity contribution in [2.24, 2.45) is 0 Å². The normalized spacial score (nSPS) is 17.1. The smallest absolute Gasteiger partial charge is 0.252 e. The fourth-order valence-corrected chi connectivity index (χ4v) is 4.09. The molecule has 176 valence electrons. The average Bonchev–Trinajstić information content (AvgIpc) is 2.92. The van der Waals surface area contributed by atoms with Crippen molar-refractivity contribution in [3.8, 4) is 0 Å².